The molecule has 1 rings (SSSR count). The van der Waals surface area contributed by atoms with Crippen LogP contribution in [0.1, 0.15) is 23.7 Å². The summed E-state index contributed by atoms with van der Waals surface area (Å²) >= 11 is 1.74. The van der Waals surface area contributed by atoms with Crippen molar-refractivity contribution in [3.05, 3.63) is 29.6 Å². The SMILES string of the molecule is CSC(C)CCNC(=O)c1ccc(N)cc1F. The Morgan fingerprint density at radius 1 is 1.59 bits per heavy atom. The lowest BCUT2D eigenvalue weighted by Crippen LogP contribution is -2.26. The van der Waals surface area contributed by atoms with E-state index in [1.807, 2.05) is 6.26 Å². The number of carbonyl (C=O) groups excluding carboxylic acids is 1. The molecule has 0 bridgehead atoms. The maximum Gasteiger partial charge on any atom is 0.254 e. The van der Waals surface area contributed by atoms with Crippen molar-refractivity contribution < 1.29 is 9.18 Å². The molecule has 0 radical (unpaired) electrons. The molecule has 0 heterocycles. The molecule has 3 nitrogen and oxygen atoms in total. The molecule has 1 atom stereocenters. The number of nitrogen functional groups attached to an aromatic ring is 1. The second kappa shape index (κ2) is 6.49. The smallest absolute Gasteiger partial charge is 0.254 e. The Kier molecular flexibility index (Phi) is 5.28. The number of carbonyl (C=O) groups is 1. The standard InChI is InChI=1S/C12H17FN2OS/c1-8(17-2)5-6-15-12(16)10-4-3-9(14)7-11(10)13/h3-4,7-8H,5-6,14H2,1-2H3,(H,15,16). The molecule has 0 aliphatic rings. The average Bonchev–Trinajstić information content (AvgIpc) is 2.28. The molecule has 1 aromatic carbocycles. The average molecular weight is 256 g/mol. The number of benzene rings is 1. The van der Waals surface area contributed by atoms with Crippen molar-refractivity contribution in [2.24, 2.45) is 0 Å². The second-order valence-electron chi connectivity index (χ2n) is 3.83. The lowest BCUT2D eigenvalue weighted by molar-refractivity contribution is 0.0949. The molecule has 0 aliphatic heterocycles. The van der Waals surface area contributed by atoms with Crippen molar-refractivity contribution in [1.82, 2.24) is 5.32 Å². The Morgan fingerprint density at radius 3 is 2.88 bits per heavy atom. The molecule has 0 aliphatic carbocycles. The molecular weight excluding hydrogens is 239 g/mol. The molecule has 0 fully saturated rings. The van der Waals surface area contributed by atoms with Crippen LogP contribution in [0.3, 0.4) is 0 Å². The number of nitrogens with one attached hydrogen (secondary N) is 1. The maximum absolute atomic E-state index is 13.4. The highest BCUT2D eigenvalue weighted by Gasteiger charge is 2.11. The van der Waals surface area contributed by atoms with E-state index in [4.69, 9.17) is 5.73 Å². The first kappa shape index (κ1) is 13.8. The minimum absolute atomic E-state index is 0.0380. The number of amides is 1. The molecule has 1 unspecified atom stereocenters. The molecule has 17 heavy (non-hydrogen) atoms. The van der Waals surface area contributed by atoms with Gasteiger partial charge in [0.2, 0.25) is 0 Å². The number of anilines is 1. The number of hydrogen-bond donors (Lipinski definition) is 2. The third kappa shape index (κ3) is 4.26. The van der Waals surface area contributed by atoms with E-state index in [9.17, 15) is 9.18 Å². The molecule has 0 saturated heterocycles. The lowest BCUT2D eigenvalue weighted by atomic mass is 10.2. The van der Waals surface area contributed by atoms with E-state index >= 15 is 0 Å². The lowest BCUT2D eigenvalue weighted by Gasteiger charge is -2.09. The second-order valence-corrected chi connectivity index (χ2v) is 5.11. The van der Waals surface area contributed by atoms with E-state index in [2.05, 4.69) is 12.2 Å². The first-order valence-electron chi connectivity index (χ1n) is 5.40. The normalized spacial score (nSPS) is 12.2. The summed E-state index contributed by atoms with van der Waals surface area (Å²) in [5.41, 5.74) is 5.76. The first-order valence-corrected chi connectivity index (χ1v) is 6.69. The zero-order chi connectivity index (χ0) is 12.8. The van der Waals surface area contributed by atoms with Gasteiger partial charge in [0.1, 0.15) is 5.82 Å². The monoisotopic (exact) mass is 256 g/mol. The summed E-state index contributed by atoms with van der Waals surface area (Å²) in [4.78, 5) is 11.6. The quantitative estimate of drug-likeness (QED) is 0.795. The van der Waals surface area contributed by atoms with E-state index in [0.717, 1.165) is 12.5 Å². The van der Waals surface area contributed by atoms with Gasteiger partial charge in [0.25, 0.3) is 5.91 Å². The fraction of sp³-hybridized carbons (Fsp3) is 0.417. The summed E-state index contributed by atoms with van der Waals surface area (Å²) in [5, 5.41) is 3.17. The molecule has 3 N–H and O–H groups in total. The third-order valence-corrected chi connectivity index (χ3v) is 3.52. The van der Waals surface area contributed by atoms with Crippen LogP contribution >= 0.6 is 11.8 Å². The molecule has 0 spiro atoms. The number of hydrogen-bond acceptors (Lipinski definition) is 3. The Bertz CT molecular complexity index is 398. The number of thioether (sulfide) groups is 1. The van der Waals surface area contributed by atoms with Gasteiger partial charge in [-0.2, -0.15) is 11.8 Å². The molecule has 1 amide bonds. The third-order valence-electron chi connectivity index (χ3n) is 2.48. The number of halogens is 1. The van der Waals surface area contributed by atoms with Gasteiger partial charge in [-0.1, -0.05) is 6.92 Å². The van der Waals surface area contributed by atoms with Crippen molar-refractivity contribution in [2.75, 3.05) is 18.5 Å². The zero-order valence-electron chi connectivity index (χ0n) is 10.00. The Morgan fingerprint density at radius 2 is 2.29 bits per heavy atom. The first-order chi connectivity index (χ1) is 8.04. The highest BCUT2D eigenvalue weighted by Crippen LogP contribution is 2.12. The van der Waals surface area contributed by atoms with Gasteiger partial charge in [-0.05, 0) is 30.9 Å². The van der Waals surface area contributed by atoms with E-state index in [1.165, 1.54) is 12.1 Å². The fourth-order valence-electron chi connectivity index (χ4n) is 1.32. The summed E-state index contributed by atoms with van der Waals surface area (Å²) < 4.78 is 13.4. The summed E-state index contributed by atoms with van der Waals surface area (Å²) in [6, 6.07) is 4.07. The van der Waals surface area contributed by atoms with Gasteiger partial charge in [0.05, 0.1) is 5.56 Å². The minimum atomic E-state index is -0.583. The van der Waals surface area contributed by atoms with Gasteiger partial charge >= 0.3 is 0 Å². The van der Waals surface area contributed by atoms with Crippen molar-refractivity contribution in [1.29, 1.82) is 0 Å². The van der Waals surface area contributed by atoms with Gasteiger partial charge in [-0.3, -0.25) is 4.79 Å². The van der Waals surface area contributed by atoms with Crippen molar-refractivity contribution in [3.8, 4) is 0 Å². The minimum Gasteiger partial charge on any atom is -0.399 e. The molecule has 5 heteroatoms. The van der Waals surface area contributed by atoms with Gasteiger partial charge in [0, 0.05) is 17.5 Å². The predicted octanol–water partition coefficient (Wildman–Crippen LogP) is 2.28. The summed E-state index contributed by atoms with van der Waals surface area (Å²) in [7, 11) is 0. The van der Waals surface area contributed by atoms with E-state index in [1.54, 1.807) is 11.8 Å². The van der Waals surface area contributed by atoms with Crippen LogP contribution in [-0.2, 0) is 0 Å². The van der Waals surface area contributed by atoms with Crippen LogP contribution in [-0.4, -0.2) is 24.0 Å². The van der Waals surface area contributed by atoms with Crippen LogP contribution in [0.5, 0.6) is 0 Å². The van der Waals surface area contributed by atoms with E-state index < -0.39 is 11.7 Å². The van der Waals surface area contributed by atoms with E-state index in [-0.39, 0.29) is 5.56 Å². The van der Waals surface area contributed by atoms with Crippen LogP contribution in [0.4, 0.5) is 10.1 Å². The molecule has 1 aromatic rings. The zero-order valence-corrected chi connectivity index (χ0v) is 10.8. The number of rotatable bonds is 5. The van der Waals surface area contributed by atoms with Crippen molar-refractivity contribution in [3.63, 3.8) is 0 Å². The van der Waals surface area contributed by atoms with E-state index in [0.29, 0.717) is 17.5 Å². The maximum atomic E-state index is 13.4. The molecule has 0 aromatic heterocycles. The highest BCUT2D eigenvalue weighted by molar-refractivity contribution is 7.99. The topological polar surface area (TPSA) is 55.1 Å². The fourth-order valence-corrected chi connectivity index (χ4v) is 1.67. The summed E-state index contributed by atoms with van der Waals surface area (Å²) in [6.45, 7) is 2.63. The van der Waals surface area contributed by atoms with Gasteiger partial charge < -0.3 is 11.1 Å². The van der Waals surface area contributed by atoms with Crippen LogP contribution in [0.2, 0.25) is 0 Å². The highest BCUT2D eigenvalue weighted by atomic mass is 32.2. The van der Waals surface area contributed by atoms with Gasteiger partial charge in [-0.15, -0.1) is 0 Å². The van der Waals surface area contributed by atoms with Crippen LogP contribution in [0, 0.1) is 5.82 Å². The predicted molar refractivity (Wildman–Crippen MR) is 70.7 cm³/mol. The molecular formula is C12H17FN2OS. The van der Waals surface area contributed by atoms with Crippen molar-refractivity contribution >= 4 is 23.4 Å². The Hall–Kier alpha value is -1.23. The summed E-state index contributed by atoms with van der Waals surface area (Å²) in [5.74, 6) is -0.976. The number of nitrogens with two attached hydrogens (primary N) is 1. The van der Waals surface area contributed by atoms with Crippen LogP contribution < -0.4 is 11.1 Å². The largest absolute Gasteiger partial charge is 0.399 e. The molecule has 0 saturated carbocycles. The van der Waals surface area contributed by atoms with Gasteiger partial charge in [0.15, 0.2) is 0 Å². The van der Waals surface area contributed by atoms with Gasteiger partial charge in [-0.25, -0.2) is 4.39 Å². The molecule has 94 valence electrons. The Labute approximate surface area is 105 Å². The van der Waals surface area contributed by atoms with Crippen LogP contribution in [0.25, 0.3) is 0 Å². The van der Waals surface area contributed by atoms with Crippen LogP contribution in [0.15, 0.2) is 18.2 Å². The summed E-state index contributed by atoms with van der Waals surface area (Å²) in [6.07, 6.45) is 2.88. The Balaban J connectivity index is 2.52. The van der Waals surface area contributed by atoms with Crippen molar-refractivity contribution in [2.45, 2.75) is 18.6 Å².